The largest absolute Gasteiger partial charge is 0.323 e. The fraction of sp³-hybridized carbons (Fsp3) is 0. The van der Waals surface area contributed by atoms with E-state index in [4.69, 9.17) is 11.6 Å². The van der Waals surface area contributed by atoms with E-state index in [1.54, 1.807) is 29.5 Å². The highest BCUT2D eigenvalue weighted by atomic mass is 35.5. The summed E-state index contributed by atoms with van der Waals surface area (Å²) in [5.41, 5.74) is 2.87. The van der Waals surface area contributed by atoms with E-state index >= 15 is 0 Å². The second kappa shape index (κ2) is 8.44. The number of nitrogens with one attached hydrogen (secondary N) is 1. The van der Waals surface area contributed by atoms with E-state index in [9.17, 15) is 14.9 Å². The number of benzene rings is 3. The fourth-order valence-corrected chi connectivity index (χ4v) is 3.98. The predicted octanol–water partition coefficient (Wildman–Crippen LogP) is 6.18. The Bertz CT molecular complexity index is 1250. The number of carbonyl (C=O) groups excluding carboxylic acids is 1. The number of para-hydroxylation sites is 1. The van der Waals surface area contributed by atoms with E-state index < -0.39 is 4.92 Å². The molecule has 1 N–H and O–H groups in total. The standard InChI is InChI=1S/C22H14ClN3O3S/c23-17-11-5-14(13-19(17)26(28)29)6-12-21(27)24-16-9-7-15(8-10-16)22-25-18-3-1-2-4-20(18)30-22/h1-13H,(H,24,27)/b12-6+. The van der Waals surface area contributed by atoms with Crippen molar-refractivity contribution in [1.82, 2.24) is 4.98 Å². The molecule has 0 atom stereocenters. The van der Waals surface area contributed by atoms with Crippen molar-refractivity contribution in [2.45, 2.75) is 0 Å². The lowest BCUT2D eigenvalue weighted by molar-refractivity contribution is -0.384. The molecule has 1 amide bonds. The smallest absolute Gasteiger partial charge is 0.288 e. The number of thiazole rings is 1. The molecule has 0 saturated heterocycles. The van der Waals surface area contributed by atoms with Gasteiger partial charge in [-0.2, -0.15) is 0 Å². The topological polar surface area (TPSA) is 85.1 Å². The number of carbonyl (C=O) groups is 1. The molecule has 0 bridgehead atoms. The lowest BCUT2D eigenvalue weighted by atomic mass is 10.2. The van der Waals surface area contributed by atoms with Gasteiger partial charge in [-0.3, -0.25) is 14.9 Å². The van der Waals surface area contributed by atoms with Gasteiger partial charge in [0.2, 0.25) is 5.91 Å². The zero-order valence-corrected chi connectivity index (χ0v) is 17.0. The molecule has 0 spiro atoms. The second-order valence-corrected chi connectivity index (χ2v) is 7.79. The molecule has 0 saturated carbocycles. The number of fused-ring (bicyclic) bond motifs is 1. The van der Waals surface area contributed by atoms with Crippen LogP contribution in [0.4, 0.5) is 11.4 Å². The Balaban J connectivity index is 1.44. The van der Waals surface area contributed by atoms with Gasteiger partial charge in [-0.1, -0.05) is 29.8 Å². The Morgan fingerprint density at radius 2 is 1.87 bits per heavy atom. The number of aromatic nitrogens is 1. The average Bonchev–Trinajstić information content (AvgIpc) is 3.18. The number of hydrogen-bond donors (Lipinski definition) is 1. The van der Waals surface area contributed by atoms with Gasteiger partial charge in [-0.05, 0) is 54.1 Å². The first kappa shape index (κ1) is 19.8. The Kier molecular flexibility index (Phi) is 5.56. The van der Waals surface area contributed by atoms with Gasteiger partial charge < -0.3 is 5.32 Å². The minimum atomic E-state index is -0.563. The molecule has 0 fully saturated rings. The van der Waals surface area contributed by atoms with Crippen LogP contribution in [0.15, 0.2) is 72.8 Å². The van der Waals surface area contributed by atoms with Crippen molar-refractivity contribution in [3.63, 3.8) is 0 Å². The first-order chi connectivity index (χ1) is 14.5. The first-order valence-electron chi connectivity index (χ1n) is 8.88. The number of nitro benzene ring substituents is 1. The third-order valence-electron chi connectivity index (χ3n) is 4.29. The summed E-state index contributed by atoms with van der Waals surface area (Å²) in [5.74, 6) is -0.347. The van der Waals surface area contributed by atoms with Crippen LogP contribution < -0.4 is 5.32 Å². The Hall–Kier alpha value is -3.55. The average molecular weight is 436 g/mol. The molecule has 30 heavy (non-hydrogen) atoms. The van der Waals surface area contributed by atoms with E-state index in [2.05, 4.69) is 10.3 Å². The van der Waals surface area contributed by atoms with Crippen molar-refractivity contribution in [3.05, 3.63) is 93.5 Å². The molecule has 0 aliphatic heterocycles. The summed E-state index contributed by atoms with van der Waals surface area (Å²) in [6.07, 6.45) is 2.81. The maximum atomic E-state index is 12.2. The molecule has 0 aliphatic carbocycles. The van der Waals surface area contributed by atoms with Crippen LogP contribution in [0.5, 0.6) is 0 Å². The lowest BCUT2D eigenvalue weighted by Gasteiger charge is -2.03. The maximum absolute atomic E-state index is 12.2. The van der Waals surface area contributed by atoms with Crippen LogP contribution >= 0.6 is 22.9 Å². The van der Waals surface area contributed by atoms with Gasteiger partial charge in [0.1, 0.15) is 10.0 Å². The summed E-state index contributed by atoms with van der Waals surface area (Å²) >= 11 is 7.41. The minimum absolute atomic E-state index is 0.0508. The quantitative estimate of drug-likeness (QED) is 0.230. The molecular weight excluding hydrogens is 422 g/mol. The number of amides is 1. The van der Waals surface area contributed by atoms with Gasteiger partial charge in [0, 0.05) is 23.4 Å². The molecular formula is C22H14ClN3O3S. The molecule has 3 aromatic carbocycles. The van der Waals surface area contributed by atoms with E-state index in [0.29, 0.717) is 11.3 Å². The van der Waals surface area contributed by atoms with E-state index in [1.807, 2.05) is 36.4 Å². The molecule has 8 heteroatoms. The molecule has 1 heterocycles. The summed E-state index contributed by atoms with van der Waals surface area (Å²) in [5, 5.41) is 14.7. The Morgan fingerprint density at radius 3 is 2.60 bits per heavy atom. The summed E-state index contributed by atoms with van der Waals surface area (Å²) in [6.45, 7) is 0. The van der Waals surface area contributed by atoms with Crippen LogP contribution in [0, 0.1) is 10.1 Å². The number of rotatable bonds is 5. The van der Waals surface area contributed by atoms with Crippen molar-refractivity contribution < 1.29 is 9.72 Å². The van der Waals surface area contributed by atoms with Crippen molar-refractivity contribution in [2.75, 3.05) is 5.32 Å². The van der Waals surface area contributed by atoms with Gasteiger partial charge in [0.15, 0.2) is 0 Å². The van der Waals surface area contributed by atoms with Gasteiger partial charge in [-0.25, -0.2) is 4.98 Å². The first-order valence-corrected chi connectivity index (χ1v) is 10.1. The van der Waals surface area contributed by atoms with E-state index in [1.165, 1.54) is 24.3 Å². The monoisotopic (exact) mass is 435 g/mol. The van der Waals surface area contributed by atoms with Crippen LogP contribution in [0.1, 0.15) is 5.56 Å². The number of hydrogen-bond acceptors (Lipinski definition) is 5. The highest BCUT2D eigenvalue weighted by molar-refractivity contribution is 7.21. The summed E-state index contributed by atoms with van der Waals surface area (Å²) in [4.78, 5) is 27.2. The predicted molar refractivity (Wildman–Crippen MR) is 121 cm³/mol. The molecule has 6 nitrogen and oxygen atoms in total. The van der Waals surface area contributed by atoms with E-state index in [-0.39, 0.29) is 16.6 Å². The lowest BCUT2D eigenvalue weighted by Crippen LogP contribution is -2.07. The Morgan fingerprint density at radius 1 is 1.10 bits per heavy atom. The molecule has 1 aromatic heterocycles. The van der Waals surface area contributed by atoms with Crippen LogP contribution in [-0.4, -0.2) is 15.8 Å². The second-order valence-electron chi connectivity index (χ2n) is 6.35. The zero-order valence-electron chi connectivity index (χ0n) is 15.4. The molecule has 4 aromatic rings. The van der Waals surface area contributed by atoms with Gasteiger partial charge in [0.25, 0.3) is 5.69 Å². The van der Waals surface area contributed by atoms with Gasteiger partial charge in [-0.15, -0.1) is 11.3 Å². The molecule has 4 rings (SSSR count). The van der Waals surface area contributed by atoms with E-state index in [0.717, 1.165) is 20.8 Å². The fourth-order valence-electron chi connectivity index (χ4n) is 2.82. The molecule has 0 radical (unpaired) electrons. The van der Waals surface area contributed by atoms with Crippen LogP contribution in [0.3, 0.4) is 0 Å². The molecule has 0 aliphatic rings. The number of nitrogens with zero attached hydrogens (tertiary/aromatic N) is 2. The number of anilines is 1. The Labute approximate surface area is 180 Å². The van der Waals surface area contributed by atoms with Crippen molar-refractivity contribution in [1.29, 1.82) is 0 Å². The van der Waals surface area contributed by atoms with Crippen LogP contribution in [-0.2, 0) is 4.79 Å². The van der Waals surface area contributed by atoms with Gasteiger partial charge in [0.05, 0.1) is 15.1 Å². The van der Waals surface area contributed by atoms with Gasteiger partial charge >= 0.3 is 0 Å². The third-order valence-corrected chi connectivity index (χ3v) is 5.69. The summed E-state index contributed by atoms with van der Waals surface area (Å²) < 4.78 is 1.12. The highest BCUT2D eigenvalue weighted by Crippen LogP contribution is 2.30. The van der Waals surface area contributed by atoms with Crippen LogP contribution in [0.2, 0.25) is 5.02 Å². The number of halogens is 1. The SMILES string of the molecule is O=C(/C=C/c1ccc(Cl)c([N+](=O)[O-])c1)Nc1ccc(-c2nc3ccccc3s2)cc1. The van der Waals surface area contributed by atoms with Crippen molar-refractivity contribution >= 4 is 56.5 Å². The van der Waals surface area contributed by atoms with Crippen molar-refractivity contribution in [3.8, 4) is 10.6 Å². The minimum Gasteiger partial charge on any atom is -0.323 e. The normalized spacial score (nSPS) is 11.1. The number of nitro groups is 1. The molecule has 148 valence electrons. The summed E-state index contributed by atoms with van der Waals surface area (Å²) in [7, 11) is 0. The zero-order chi connectivity index (χ0) is 21.1. The molecule has 0 unspecified atom stereocenters. The summed E-state index contributed by atoms with van der Waals surface area (Å²) in [6, 6.07) is 19.7. The highest BCUT2D eigenvalue weighted by Gasteiger charge is 2.12. The third kappa shape index (κ3) is 4.37. The maximum Gasteiger partial charge on any atom is 0.288 e. The van der Waals surface area contributed by atoms with Crippen LogP contribution in [0.25, 0.3) is 26.9 Å². The van der Waals surface area contributed by atoms with Crippen molar-refractivity contribution in [2.24, 2.45) is 0 Å².